The number of nitrogens with zero attached hydrogens (tertiary/aromatic N) is 1. The van der Waals surface area contributed by atoms with Crippen molar-refractivity contribution >= 4 is 33.9 Å². The molecule has 1 aromatic heterocycles. The number of nitro groups is 1. The van der Waals surface area contributed by atoms with Crippen molar-refractivity contribution in [2.45, 2.75) is 39.5 Å². The average Bonchev–Trinajstić information content (AvgIpc) is 3.03. The van der Waals surface area contributed by atoms with E-state index in [-0.39, 0.29) is 16.8 Å². The number of anilines is 1. The van der Waals surface area contributed by atoms with Crippen LogP contribution in [0.3, 0.4) is 0 Å². The fraction of sp³-hybridized carbons (Fsp3) is 0.400. The van der Waals surface area contributed by atoms with Gasteiger partial charge in [0.1, 0.15) is 5.00 Å². The molecule has 0 aliphatic heterocycles. The van der Waals surface area contributed by atoms with E-state index in [0.29, 0.717) is 16.5 Å². The number of methoxy groups -OCH3 is 1. The maximum Gasteiger partial charge on any atom is 0.341 e. The summed E-state index contributed by atoms with van der Waals surface area (Å²) in [5.74, 6) is -0.380. The predicted octanol–water partition coefficient (Wildman–Crippen LogP) is 4.52. The summed E-state index contributed by atoms with van der Waals surface area (Å²) in [6, 6.07) is 4.38. The van der Waals surface area contributed by atoms with Crippen LogP contribution in [-0.2, 0) is 17.6 Å². The van der Waals surface area contributed by atoms with Gasteiger partial charge in [-0.2, -0.15) is 0 Å². The molecule has 1 aromatic carbocycles. The number of nitrogens with one attached hydrogen (secondary N) is 1. The molecule has 0 fully saturated rings. The molecule has 28 heavy (non-hydrogen) atoms. The molecule has 0 saturated heterocycles. The van der Waals surface area contributed by atoms with Crippen LogP contribution in [0.1, 0.15) is 56.5 Å². The summed E-state index contributed by atoms with van der Waals surface area (Å²) < 4.78 is 4.94. The minimum Gasteiger partial charge on any atom is -0.465 e. The number of carbonyl (C=O) groups excluding carboxylic acids is 2. The molecule has 0 bridgehead atoms. The first-order valence-electron chi connectivity index (χ1n) is 9.15. The summed E-state index contributed by atoms with van der Waals surface area (Å²) in [5, 5.41) is 14.4. The molecule has 148 valence electrons. The first kappa shape index (κ1) is 20.0. The molecule has 1 amide bonds. The molecular formula is C20H22N2O5S. The van der Waals surface area contributed by atoms with Crippen LogP contribution in [-0.4, -0.2) is 23.9 Å². The molecule has 1 heterocycles. The van der Waals surface area contributed by atoms with E-state index in [2.05, 4.69) is 12.2 Å². The largest absolute Gasteiger partial charge is 0.465 e. The SMILES string of the molecule is CC[C@@H]1CCc2c(sc(NC(=O)c3cccc([N+](=O)[O-])c3C)c2C(=O)OC)C1. The van der Waals surface area contributed by atoms with Crippen LogP contribution < -0.4 is 5.32 Å². The van der Waals surface area contributed by atoms with E-state index in [1.54, 1.807) is 6.92 Å². The van der Waals surface area contributed by atoms with Crippen LogP contribution in [0.25, 0.3) is 0 Å². The normalized spacial score (nSPS) is 15.6. The van der Waals surface area contributed by atoms with Crippen molar-refractivity contribution in [3.05, 3.63) is 55.4 Å². The van der Waals surface area contributed by atoms with Gasteiger partial charge in [0.15, 0.2) is 0 Å². The lowest BCUT2D eigenvalue weighted by Crippen LogP contribution is -2.17. The zero-order valence-corrected chi connectivity index (χ0v) is 16.9. The summed E-state index contributed by atoms with van der Waals surface area (Å²) in [6.45, 7) is 3.69. The molecular weight excluding hydrogens is 380 g/mol. The Morgan fingerprint density at radius 1 is 1.39 bits per heavy atom. The Kier molecular flexibility index (Phi) is 5.79. The van der Waals surface area contributed by atoms with Gasteiger partial charge in [-0.15, -0.1) is 11.3 Å². The maximum atomic E-state index is 12.8. The molecule has 0 radical (unpaired) electrons. The Morgan fingerprint density at radius 2 is 2.14 bits per heavy atom. The number of benzene rings is 1. The number of hydrogen-bond acceptors (Lipinski definition) is 6. The molecule has 1 aliphatic carbocycles. The lowest BCUT2D eigenvalue weighted by atomic mass is 9.85. The number of hydrogen-bond donors (Lipinski definition) is 1. The Labute approximate surface area is 166 Å². The van der Waals surface area contributed by atoms with E-state index in [4.69, 9.17) is 4.74 Å². The van der Waals surface area contributed by atoms with Crippen LogP contribution in [0.5, 0.6) is 0 Å². The highest BCUT2D eigenvalue weighted by molar-refractivity contribution is 7.17. The fourth-order valence-corrected chi connectivity index (χ4v) is 4.99. The second kappa shape index (κ2) is 8.10. The van der Waals surface area contributed by atoms with E-state index in [9.17, 15) is 19.7 Å². The number of nitro benzene ring substituents is 1. The molecule has 1 aliphatic rings. The highest BCUT2D eigenvalue weighted by Gasteiger charge is 2.30. The van der Waals surface area contributed by atoms with Crippen molar-refractivity contribution < 1.29 is 19.2 Å². The zero-order chi connectivity index (χ0) is 20.4. The van der Waals surface area contributed by atoms with Gasteiger partial charge in [0.25, 0.3) is 11.6 Å². The topological polar surface area (TPSA) is 98.5 Å². The first-order chi connectivity index (χ1) is 13.4. The highest BCUT2D eigenvalue weighted by Crippen LogP contribution is 2.41. The Balaban J connectivity index is 1.97. The van der Waals surface area contributed by atoms with E-state index in [1.807, 2.05) is 0 Å². The van der Waals surface area contributed by atoms with Gasteiger partial charge in [0.2, 0.25) is 0 Å². The van der Waals surface area contributed by atoms with E-state index in [0.717, 1.165) is 36.1 Å². The molecule has 2 aromatic rings. The van der Waals surface area contributed by atoms with Crippen LogP contribution in [0.4, 0.5) is 10.7 Å². The third-order valence-corrected chi connectivity index (χ3v) is 6.48. The monoisotopic (exact) mass is 402 g/mol. The summed E-state index contributed by atoms with van der Waals surface area (Å²) in [7, 11) is 1.32. The Morgan fingerprint density at radius 3 is 2.79 bits per heavy atom. The summed E-state index contributed by atoms with van der Waals surface area (Å²) in [5.41, 5.74) is 1.75. The average molecular weight is 402 g/mol. The number of carbonyl (C=O) groups is 2. The standard InChI is InChI=1S/C20H22N2O5S/c1-4-12-8-9-14-16(10-12)28-19(17(14)20(24)27-3)21-18(23)13-6-5-7-15(11(13)2)22(25)26/h5-7,12H,4,8-10H2,1-3H3,(H,21,23)/t12-/m1/s1. The van der Waals surface area contributed by atoms with Gasteiger partial charge in [0.05, 0.1) is 17.6 Å². The zero-order valence-electron chi connectivity index (χ0n) is 16.0. The van der Waals surface area contributed by atoms with Crippen molar-refractivity contribution in [1.29, 1.82) is 0 Å². The molecule has 8 heteroatoms. The van der Waals surface area contributed by atoms with Crippen molar-refractivity contribution in [2.24, 2.45) is 5.92 Å². The van der Waals surface area contributed by atoms with E-state index in [1.165, 1.54) is 36.6 Å². The van der Waals surface area contributed by atoms with Crippen molar-refractivity contribution in [2.75, 3.05) is 12.4 Å². The van der Waals surface area contributed by atoms with E-state index >= 15 is 0 Å². The minimum atomic E-state index is -0.513. The van der Waals surface area contributed by atoms with Crippen molar-refractivity contribution in [3.63, 3.8) is 0 Å². The number of esters is 1. The second-order valence-electron chi connectivity index (χ2n) is 6.88. The molecule has 0 saturated carbocycles. The van der Waals surface area contributed by atoms with Crippen LogP contribution in [0, 0.1) is 23.0 Å². The second-order valence-corrected chi connectivity index (χ2v) is 7.98. The van der Waals surface area contributed by atoms with Gasteiger partial charge in [-0.05, 0) is 43.7 Å². The quantitative estimate of drug-likeness (QED) is 0.450. The predicted molar refractivity (Wildman–Crippen MR) is 107 cm³/mol. The van der Waals surface area contributed by atoms with E-state index < -0.39 is 16.8 Å². The minimum absolute atomic E-state index is 0.114. The van der Waals surface area contributed by atoms with Gasteiger partial charge in [-0.25, -0.2) is 4.79 Å². The van der Waals surface area contributed by atoms with Crippen molar-refractivity contribution in [3.8, 4) is 0 Å². The lowest BCUT2D eigenvalue weighted by molar-refractivity contribution is -0.385. The molecule has 1 N–H and O–H groups in total. The molecule has 0 unspecified atom stereocenters. The third-order valence-electron chi connectivity index (χ3n) is 5.31. The molecule has 3 rings (SSSR count). The summed E-state index contributed by atoms with van der Waals surface area (Å²) in [6.07, 6.45) is 3.73. The van der Waals surface area contributed by atoms with Crippen LogP contribution >= 0.6 is 11.3 Å². The first-order valence-corrected chi connectivity index (χ1v) is 9.97. The summed E-state index contributed by atoms with van der Waals surface area (Å²) in [4.78, 5) is 36.9. The summed E-state index contributed by atoms with van der Waals surface area (Å²) >= 11 is 1.40. The highest BCUT2D eigenvalue weighted by atomic mass is 32.1. The Hall–Kier alpha value is -2.74. The third kappa shape index (κ3) is 3.64. The van der Waals surface area contributed by atoms with Gasteiger partial charge in [-0.1, -0.05) is 19.4 Å². The van der Waals surface area contributed by atoms with Crippen LogP contribution in [0.15, 0.2) is 18.2 Å². The number of amides is 1. The van der Waals surface area contributed by atoms with Gasteiger partial charge < -0.3 is 10.1 Å². The molecule has 7 nitrogen and oxygen atoms in total. The lowest BCUT2D eigenvalue weighted by Gasteiger charge is -2.20. The maximum absolute atomic E-state index is 12.8. The van der Waals surface area contributed by atoms with Crippen molar-refractivity contribution in [1.82, 2.24) is 0 Å². The smallest absolute Gasteiger partial charge is 0.341 e. The fourth-order valence-electron chi connectivity index (χ4n) is 3.65. The van der Waals surface area contributed by atoms with Gasteiger partial charge in [-0.3, -0.25) is 14.9 Å². The van der Waals surface area contributed by atoms with Crippen LogP contribution in [0.2, 0.25) is 0 Å². The van der Waals surface area contributed by atoms with Gasteiger partial charge in [0, 0.05) is 22.1 Å². The number of fused-ring (bicyclic) bond motifs is 1. The molecule has 1 atom stereocenters. The molecule has 0 spiro atoms. The number of thiophene rings is 1. The number of ether oxygens (including phenoxy) is 1. The Bertz CT molecular complexity index is 950. The van der Waals surface area contributed by atoms with Gasteiger partial charge >= 0.3 is 5.97 Å². The number of rotatable bonds is 5.